The van der Waals surface area contributed by atoms with E-state index in [0.717, 1.165) is 16.4 Å². The van der Waals surface area contributed by atoms with Gasteiger partial charge >= 0.3 is 5.97 Å². The number of piperazine rings is 1. The van der Waals surface area contributed by atoms with Crippen molar-refractivity contribution in [3.8, 4) is 0 Å². The average molecular weight is 362 g/mol. The van der Waals surface area contributed by atoms with Crippen LogP contribution in [0.5, 0.6) is 0 Å². The number of amides is 1. The van der Waals surface area contributed by atoms with Gasteiger partial charge in [-0.25, -0.2) is 17.2 Å². The van der Waals surface area contributed by atoms with Crippen molar-refractivity contribution in [2.75, 3.05) is 32.8 Å². The highest BCUT2D eigenvalue weighted by Crippen LogP contribution is 2.21. The van der Waals surface area contributed by atoms with Crippen molar-refractivity contribution in [1.29, 1.82) is 0 Å². The predicted molar refractivity (Wildman–Crippen MR) is 78.3 cm³/mol. The Bertz CT molecular complexity index is 746. The van der Waals surface area contributed by atoms with Crippen LogP contribution in [0.1, 0.15) is 6.92 Å². The first kappa shape index (κ1) is 18.3. The first-order valence-corrected chi connectivity index (χ1v) is 8.52. The van der Waals surface area contributed by atoms with Gasteiger partial charge in [0.25, 0.3) is 5.91 Å². The molecule has 1 aliphatic rings. The molecule has 0 saturated carbocycles. The molecule has 0 spiro atoms. The molecule has 2 rings (SSSR count). The average Bonchev–Trinajstić information content (AvgIpc) is 2.54. The van der Waals surface area contributed by atoms with Gasteiger partial charge in [0, 0.05) is 33.1 Å². The molecule has 0 atom stereocenters. The summed E-state index contributed by atoms with van der Waals surface area (Å²) < 4.78 is 57.3. The van der Waals surface area contributed by atoms with Gasteiger partial charge in [0.05, 0.1) is 0 Å². The van der Waals surface area contributed by atoms with Crippen LogP contribution in [0.15, 0.2) is 23.1 Å². The van der Waals surface area contributed by atoms with E-state index in [2.05, 4.69) is 4.74 Å². The lowest BCUT2D eigenvalue weighted by Gasteiger charge is -2.33. The van der Waals surface area contributed by atoms with Crippen LogP contribution < -0.4 is 0 Å². The largest absolute Gasteiger partial charge is 0.456 e. The van der Waals surface area contributed by atoms with E-state index in [4.69, 9.17) is 0 Å². The molecule has 1 saturated heterocycles. The summed E-state index contributed by atoms with van der Waals surface area (Å²) >= 11 is 0. The summed E-state index contributed by atoms with van der Waals surface area (Å²) in [5, 5.41) is 0. The van der Waals surface area contributed by atoms with Gasteiger partial charge in [0.2, 0.25) is 10.0 Å². The van der Waals surface area contributed by atoms with Crippen LogP contribution in [-0.2, 0) is 24.3 Å². The molecule has 1 aliphatic heterocycles. The summed E-state index contributed by atoms with van der Waals surface area (Å²) in [5.41, 5.74) is 0. The lowest BCUT2D eigenvalue weighted by molar-refractivity contribution is -0.150. The van der Waals surface area contributed by atoms with Crippen molar-refractivity contribution >= 4 is 21.9 Å². The standard InChI is InChI=1S/C14H16F2N2O5S/c1-10(19)23-9-14(20)17-4-6-18(7-5-17)24(21,22)13-8-11(15)2-3-12(13)16/h2-3,8H,4-7,9H2,1H3. The van der Waals surface area contributed by atoms with Crippen molar-refractivity contribution in [3.63, 3.8) is 0 Å². The minimum atomic E-state index is -4.20. The van der Waals surface area contributed by atoms with E-state index in [1.54, 1.807) is 0 Å². The first-order chi connectivity index (χ1) is 11.2. The van der Waals surface area contributed by atoms with Crippen LogP contribution >= 0.6 is 0 Å². The monoisotopic (exact) mass is 362 g/mol. The molecule has 132 valence electrons. The fourth-order valence-electron chi connectivity index (χ4n) is 2.25. The second kappa shape index (κ2) is 7.22. The number of rotatable bonds is 4. The van der Waals surface area contributed by atoms with Gasteiger partial charge in [-0.2, -0.15) is 4.31 Å². The Kier molecular flexibility index (Phi) is 5.50. The number of carbonyl (C=O) groups excluding carboxylic acids is 2. The Labute approximate surface area is 137 Å². The van der Waals surface area contributed by atoms with Crippen LogP contribution in [0.2, 0.25) is 0 Å². The fourth-order valence-corrected chi connectivity index (χ4v) is 3.74. The summed E-state index contributed by atoms with van der Waals surface area (Å²) in [5.74, 6) is -2.93. The second-order valence-corrected chi connectivity index (χ2v) is 7.05. The van der Waals surface area contributed by atoms with E-state index < -0.39 is 45.0 Å². The molecule has 7 nitrogen and oxygen atoms in total. The molecular formula is C14H16F2N2O5S. The zero-order valence-electron chi connectivity index (χ0n) is 12.9. The van der Waals surface area contributed by atoms with Gasteiger partial charge in [-0.15, -0.1) is 0 Å². The highest BCUT2D eigenvalue weighted by molar-refractivity contribution is 7.89. The van der Waals surface area contributed by atoms with Gasteiger partial charge in [-0.3, -0.25) is 9.59 Å². The topological polar surface area (TPSA) is 84.0 Å². The van der Waals surface area contributed by atoms with E-state index in [9.17, 15) is 26.8 Å². The minimum absolute atomic E-state index is 0.0654. The van der Waals surface area contributed by atoms with Gasteiger partial charge in [-0.05, 0) is 18.2 Å². The third kappa shape index (κ3) is 4.06. The molecule has 1 aromatic carbocycles. The Morgan fingerprint density at radius 1 is 1.17 bits per heavy atom. The lowest BCUT2D eigenvalue weighted by atomic mass is 10.3. The van der Waals surface area contributed by atoms with E-state index in [-0.39, 0.29) is 26.2 Å². The summed E-state index contributed by atoms with van der Waals surface area (Å²) in [6.45, 7) is 0.757. The van der Waals surface area contributed by atoms with Crippen molar-refractivity contribution in [3.05, 3.63) is 29.8 Å². The minimum Gasteiger partial charge on any atom is -0.456 e. The summed E-state index contributed by atoms with van der Waals surface area (Å²) in [6, 6.07) is 2.21. The summed E-state index contributed by atoms with van der Waals surface area (Å²) in [6.07, 6.45) is 0. The maximum Gasteiger partial charge on any atom is 0.303 e. The number of nitrogens with zero attached hydrogens (tertiary/aromatic N) is 2. The van der Waals surface area contributed by atoms with E-state index >= 15 is 0 Å². The number of hydrogen-bond donors (Lipinski definition) is 0. The number of halogens is 2. The highest BCUT2D eigenvalue weighted by atomic mass is 32.2. The number of ether oxygens (including phenoxy) is 1. The van der Waals surface area contributed by atoms with Gasteiger partial charge in [-0.1, -0.05) is 0 Å². The fraction of sp³-hybridized carbons (Fsp3) is 0.429. The molecule has 0 aromatic heterocycles. The zero-order valence-corrected chi connectivity index (χ0v) is 13.7. The van der Waals surface area contributed by atoms with E-state index in [0.29, 0.717) is 6.07 Å². The third-order valence-corrected chi connectivity index (χ3v) is 5.41. The molecule has 0 radical (unpaired) electrons. The van der Waals surface area contributed by atoms with Crippen LogP contribution in [0.25, 0.3) is 0 Å². The Morgan fingerprint density at radius 2 is 1.79 bits per heavy atom. The molecule has 0 aliphatic carbocycles. The molecular weight excluding hydrogens is 346 g/mol. The Morgan fingerprint density at radius 3 is 2.38 bits per heavy atom. The smallest absolute Gasteiger partial charge is 0.303 e. The van der Waals surface area contributed by atoms with Crippen LogP contribution in [0, 0.1) is 11.6 Å². The molecule has 10 heteroatoms. The normalized spacial score (nSPS) is 16.0. The number of benzene rings is 1. The lowest BCUT2D eigenvalue weighted by Crippen LogP contribution is -2.51. The molecule has 1 amide bonds. The maximum absolute atomic E-state index is 13.7. The van der Waals surface area contributed by atoms with Gasteiger partial charge < -0.3 is 9.64 Å². The molecule has 0 N–H and O–H groups in total. The Hall–Kier alpha value is -2.07. The van der Waals surface area contributed by atoms with E-state index in [1.807, 2.05) is 0 Å². The van der Waals surface area contributed by atoms with Crippen molar-refractivity contribution in [2.24, 2.45) is 0 Å². The molecule has 1 fully saturated rings. The first-order valence-electron chi connectivity index (χ1n) is 7.08. The number of carbonyl (C=O) groups is 2. The Balaban J connectivity index is 2.04. The number of hydrogen-bond acceptors (Lipinski definition) is 5. The van der Waals surface area contributed by atoms with E-state index in [1.165, 1.54) is 11.8 Å². The number of sulfonamides is 1. The molecule has 24 heavy (non-hydrogen) atoms. The maximum atomic E-state index is 13.7. The quantitative estimate of drug-likeness (QED) is 0.722. The molecule has 1 heterocycles. The molecule has 1 aromatic rings. The molecule has 0 unspecified atom stereocenters. The second-order valence-electron chi connectivity index (χ2n) is 5.14. The summed E-state index contributed by atoms with van der Waals surface area (Å²) in [4.78, 5) is 23.1. The van der Waals surface area contributed by atoms with Gasteiger partial charge in [0.15, 0.2) is 6.61 Å². The predicted octanol–water partition coefficient (Wildman–Crippen LogP) is 0.361. The zero-order chi connectivity index (χ0) is 17.9. The van der Waals surface area contributed by atoms with Crippen molar-refractivity contribution < 1.29 is 31.5 Å². The van der Waals surface area contributed by atoms with Crippen LogP contribution in [0.3, 0.4) is 0 Å². The SMILES string of the molecule is CC(=O)OCC(=O)N1CCN(S(=O)(=O)c2cc(F)ccc2F)CC1. The number of esters is 1. The van der Waals surface area contributed by atoms with Crippen molar-refractivity contribution in [1.82, 2.24) is 9.21 Å². The van der Waals surface area contributed by atoms with Crippen molar-refractivity contribution in [2.45, 2.75) is 11.8 Å². The third-order valence-electron chi connectivity index (χ3n) is 3.50. The van der Waals surface area contributed by atoms with Crippen LogP contribution in [0.4, 0.5) is 8.78 Å². The molecule has 0 bridgehead atoms. The highest BCUT2D eigenvalue weighted by Gasteiger charge is 2.32. The summed E-state index contributed by atoms with van der Waals surface area (Å²) in [7, 11) is -4.20. The van der Waals surface area contributed by atoms with Crippen LogP contribution in [-0.4, -0.2) is 62.3 Å². The van der Waals surface area contributed by atoms with Gasteiger partial charge in [0.1, 0.15) is 16.5 Å².